The van der Waals surface area contributed by atoms with Crippen LogP contribution in [0.1, 0.15) is 59.3 Å². The average Bonchev–Trinajstić information content (AvgIpc) is 3.65. The second-order valence-corrected chi connectivity index (χ2v) is 12.0. The van der Waals surface area contributed by atoms with E-state index in [1.165, 1.54) is 17.2 Å². The molecule has 0 bridgehead atoms. The van der Waals surface area contributed by atoms with Crippen LogP contribution in [-0.4, -0.2) is 71.8 Å². The number of pyridine rings is 3. The van der Waals surface area contributed by atoms with Gasteiger partial charge in [-0.25, -0.2) is 9.50 Å². The summed E-state index contributed by atoms with van der Waals surface area (Å²) >= 11 is 0. The minimum absolute atomic E-state index is 0.109. The van der Waals surface area contributed by atoms with Gasteiger partial charge >= 0.3 is 0 Å². The lowest BCUT2D eigenvalue weighted by Crippen LogP contribution is -2.18. The Kier molecular flexibility index (Phi) is 10.8. The van der Waals surface area contributed by atoms with E-state index in [0.717, 1.165) is 16.7 Å². The highest BCUT2D eigenvalue weighted by Gasteiger charge is 2.20. The number of fused-ring (bicyclic) bond motifs is 1. The van der Waals surface area contributed by atoms with Crippen LogP contribution in [0.4, 0.5) is 0 Å². The van der Waals surface area contributed by atoms with E-state index in [1.54, 1.807) is 110 Å². The van der Waals surface area contributed by atoms with Gasteiger partial charge in [0.05, 0.1) is 17.5 Å². The molecule has 0 N–H and O–H groups in total. The quantitative estimate of drug-likeness (QED) is 0.124. The van der Waals surface area contributed by atoms with Crippen molar-refractivity contribution >= 4 is 35.0 Å². The Bertz CT molecular complexity index is 2460. The number of benzene rings is 2. The van der Waals surface area contributed by atoms with Crippen LogP contribution in [-0.2, 0) is 4.79 Å². The molecule has 0 aliphatic carbocycles. The maximum atomic E-state index is 13.0. The van der Waals surface area contributed by atoms with Crippen molar-refractivity contribution in [2.24, 2.45) is 0 Å². The van der Waals surface area contributed by atoms with Crippen molar-refractivity contribution in [3.05, 3.63) is 185 Å². The maximum absolute atomic E-state index is 13.0. The number of carbonyl (C=O) groups is 4. The SMILES string of the molecule is CN(C)C(=O)C=Cc1ccnc(C(=O)c2ccccc2)c1.Cc1ccc(C(=O)c2cnn3c(-c4ccnc(C(=O)c5ccccc5)c4)ccnc23)nc1. The zero-order valence-corrected chi connectivity index (χ0v) is 29.1. The molecule has 260 valence electrons. The normalized spacial score (nSPS) is 10.8. The summed E-state index contributed by atoms with van der Waals surface area (Å²) in [7, 11) is 3.37. The molecule has 1 amide bonds. The molecule has 0 atom stereocenters. The number of aryl methyl sites for hydroxylation is 1. The van der Waals surface area contributed by atoms with Crippen molar-refractivity contribution in [3.63, 3.8) is 0 Å². The van der Waals surface area contributed by atoms with Gasteiger partial charge in [0.25, 0.3) is 0 Å². The molecule has 0 spiro atoms. The molecule has 0 unspecified atom stereocenters. The first-order chi connectivity index (χ1) is 25.7. The van der Waals surface area contributed by atoms with Crippen molar-refractivity contribution in [2.45, 2.75) is 6.92 Å². The van der Waals surface area contributed by atoms with Crippen LogP contribution in [0.2, 0.25) is 0 Å². The third-order valence-electron chi connectivity index (χ3n) is 8.03. The predicted molar refractivity (Wildman–Crippen MR) is 200 cm³/mol. The van der Waals surface area contributed by atoms with Crippen LogP contribution in [0.25, 0.3) is 23.0 Å². The zero-order valence-electron chi connectivity index (χ0n) is 29.1. The summed E-state index contributed by atoms with van der Waals surface area (Å²) in [6, 6.07) is 30.2. The van der Waals surface area contributed by atoms with Gasteiger partial charge in [-0.15, -0.1) is 0 Å². The lowest BCUT2D eigenvalue weighted by molar-refractivity contribution is -0.123. The molecule has 2 aromatic carbocycles. The summed E-state index contributed by atoms with van der Waals surface area (Å²) in [6.45, 7) is 1.91. The molecule has 11 nitrogen and oxygen atoms in total. The molecule has 11 heteroatoms. The molecule has 0 fully saturated rings. The molecule has 5 aromatic heterocycles. The first-order valence-corrected chi connectivity index (χ1v) is 16.5. The standard InChI is InChI=1S/C25H17N5O2.C17H16N2O2/c1-16-7-8-20(28-14-16)24(32)19-15-29-30-22(10-12-27-25(19)30)18-9-11-26-21(13-18)23(31)17-5-3-2-4-6-17;1-19(2)16(20)9-8-13-10-11-18-15(12-13)17(21)14-6-4-3-5-7-14/h2-15H,1H3;3-12H,1-2H3. The predicted octanol–water partition coefficient (Wildman–Crippen LogP) is 6.37. The summed E-state index contributed by atoms with van der Waals surface area (Å²) in [4.78, 5) is 68.0. The van der Waals surface area contributed by atoms with Gasteiger partial charge in [-0.05, 0) is 60.5 Å². The molecular weight excluding hydrogens is 667 g/mol. The van der Waals surface area contributed by atoms with Crippen molar-refractivity contribution in [2.75, 3.05) is 14.1 Å². The van der Waals surface area contributed by atoms with Gasteiger partial charge in [0, 0.05) is 61.6 Å². The summed E-state index contributed by atoms with van der Waals surface area (Å²) in [5, 5.41) is 4.39. The van der Waals surface area contributed by atoms with E-state index in [2.05, 4.69) is 25.0 Å². The average molecular weight is 700 g/mol. The number of amides is 1. The van der Waals surface area contributed by atoms with E-state index in [4.69, 9.17) is 0 Å². The molecule has 0 saturated heterocycles. The van der Waals surface area contributed by atoms with Crippen molar-refractivity contribution in [1.29, 1.82) is 0 Å². The molecule has 0 aliphatic rings. The van der Waals surface area contributed by atoms with Crippen molar-refractivity contribution in [3.8, 4) is 11.3 Å². The van der Waals surface area contributed by atoms with Crippen molar-refractivity contribution in [1.82, 2.24) is 34.4 Å². The summed E-state index contributed by atoms with van der Waals surface area (Å²) in [6.07, 6.45) is 11.1. The minimum atomic E-state index is -0.251. The summed E-state index contributed by atoms with van der Waals surface area (Å²) < 4.78 is 1.59. The molecule has 5 heterocycles. The number of hydrogen-bond donors (Lipinski definition) is 0. The zero-order chi connectivity index (χ0) is 37.3. The topological polar surface area (TPSA) is 140 Å². The number of nitrogens with zero attached hydrogens (tertiary/aromatic N) is 7. The highest BCUT2D eigenvalue weighted by atomic mass is 16.2. The fourth-order valence-corrected chi connectivity index (χ4v) is 5.19. The molecule has 0 radical (unpaired) electrons. The highest BCUT2D eigenvalue weighted by Crippen LogP contribution is 2.23. The van der Waals surface area contributed by atoms with E-state index in [0.29, 0.717) is 45.1 Å². The molecule has 7 aromatic rings. The van der Waals surface area contributed by atoms with Gasteiger partial charge in [0.15, 0.2) is 5.65 Å². The van der Waals surface area contributed by atoms with Gasteiger partial charge in [0.1, 0.15) is 17.1 Å². The highest BCUT2D eigenvalue weighted by molar-refractivity contribution is 6.11. The number of aromatic nitrogens is 6. The minimum Gasteiger partial charge on any atom is -0.345 e. The Morgan fingerprint density at radius 2 is 1.25 bits per heavy atom. The lowest BCUT2D eigenvalue weighted by Gasteiger charge is -2.07. The number of ketones is 3. The third-order valence-corrected chi connectivity index (χ3v) is 8.03. The van der Waals surface area contributed by atoms with Crippen LogP contribution in [0.15, 0.2) is 140 Å². The number of likely N-dealkylation sites (N-methyl/N-ethyl adjacent to an activating group) is 1. The van der Waals surface area contributed by atoms with Gasteiger partial charge < -0.3 is 4.90 Å². The van der Waals surface area contributed by atoms with Crippen LogP contribution in [0.3, 0.4) is 0 Å². The largest absolute Gasteiger partial charge is 0.345 e. The van der Waals surface area contributed by atoms with Crippen LogP contribution in [0.5, 0.6) is 0 Å². The first kappa shape index (κ1) is 35.6. The lowest BCUT2D eigenvalue weighted by atomic mass is 10.1. The maximum Gasteiger partial charge on any atom is 0.246 e. The van der Waals surface area contributed by atoms with Gasteiger partial charge in [0.2, 0.25) is 23.3 Å². The second-order valence-electron chi connectivity index (χ2n) is 12.0. The fourth-order valence-electron chi connectivity index (χ4n) is 5.19. The fraction of sp³-hybridized carbons (Fsp3) is 0.0714. The second kappa shape index (κ2) is 16.2. The van der Waals surface area contributed by atoms with E-state index in [-0.39, 0.29) is 23.3 Å². The Morgan fingerprint density at radius 3 is 1.87 bits per heavy atom. The molecule has 0 aliphatic heterocycles. The monoisotopic (exact) mass is 699 g/mol. The Hall–Kier alpha value is -7.27. The smallest absolute Gasteiger partial charge is 0.246 e. The molecule has 7 rings (SSSR count). The summed E-state index contributed by atoms with van der Waals surface area (Å²) in [5.41, 5.74) is 6.12. The number of hydrogen-bond acceptors (Lipinski definition) is 9. The van der Waals surface area contributed by atoms with Gasteiger partial charge in [-0.1, -0.05) is 66.7 Å². The molecule has 53 heavy (non-hydrogen) atoms. The number of rotatable bonds is 9. The van der Waals surface area contributed by atoms with Gasteiger partial charge in [-0.2, -0.15) is 5.10 Å². The Morgan fingerprint density at radius 1 is 0.623 bits per heavy atom. The van der Waals surface area contributed by atoms with Crippen LogP contribution >= 0.6 is 0 Å². The van der Waals surface area contributed by atoms with Crippen LogP contribution in [0, 0.1) is 6.92 Å². The van der Waals surface area contributed by atoms with Gasteiger partial charge in [-0.3, -0.25) is 34.1 Å². The van der Waals surface area contributed by atoms with E-state index in [9.17, 15) is 19.2 Å². The van der Waals surface area contributed by atoms with Crippen LogP contribution < -0.4 is 0 Å². The first-order valence-electron chi connectivity index (χ1n) is 16.5. The van der Waals surface area contributed by atoms with E-state index in [1.807, 2.05) is 49.4 Å². The van der Waals surface area contributed by atoms with E-state index < -0.39 is 0 Å². The summed E-state index contributed by atoms with van der Waals surface area (Å²) in [5.74, 6) is -0.661. The van der Waals surface area contributed by atoms with E-state index >= 15 is 0 Å². The Balaban J connectivity index is 0.000000199. The number of carbonyl (C=O) groups excluding carboxylic acids is 4. The third kappa shape index (κ3) is 8.38. The van der Waals surface area contributed by atoms with Crippen molar-refractivity contribution < 1.29 is 19.2 Å². The Labute approximate surface area is 305 Å². The molecule has 0 saturated carbocycles. The molecular formula is C42H33N7O4.